The first kappa shape index (κ1) is 16.8. The van der Waals surface area contributed by atoms with Crippen LogP contribution in [0.1, 0.15) is 31.2 Å². The normalized spacial score (nSPS) is 22.4. The van der Waals surface area contributed by atoms with Gasteiger partial charge in [0, 0.05) is 24.7 Å². The minimum absolute atomic E-state index is 0.0194. The maximum absolute atomic E-state index is 12.2. The highest BCUT2D eigenvalue weighted by Gasteiger charge is 2.31. The third-order valence-electron chi connectivity index (χ3n) is 5.86. The molecule has 1 amide bonds. The molecule has 6 nitrogen and oxygen atoms in total. The van der Waals surface area contributed by atoms with Crippen LogP contribution in [-0.2, 0) is 11.2 Å². The van der Waals surface area contributed by atoms with Crippen molar-refractivity contribution in [3.8, 4) is 0 Å². The Balaban J connectivity index is 1.45. The van der Waals surface area contributed by atoms with E-state index < -0.39 is 10.9 Å². The highest BCUT2D eigenvalue weighted by atomic mass is 16.2. The maximum Gasteiger partial charge on any atom is 0.253 e. The zero-order valence-corrected chi connectivity index (χ0v) is 14.7. The fourth-order valence-electron chi connectivity index (χ4n) is 4.27. The summed E-state index contributed by atoms with van der Waals surface area (Å²) in [4.78, 5) is 37.5. The number of rotatable bonds is 5. The zero-order chi connectivity index (χ0) is 18.3. The van der Waals surface area contributed by atoms with Crippen LogP contribution in [0.5, 0.6) is 0 Å². The van der Waals surface area contributed by atoms with Gasteiger partial charge in [-0.15, -0.1) is 0 Å². The lowest BCUT2D eigenvalue weighted by Gasteiger charge is -2.28. The van der Waals surface area contributed by atoms with E-state index in [1.807, 2.05) is 23.1 Å². The van der Waals surface area contributed by atoms with E-state index in [0.717, 1.165) is 44.3 Å². The molecule has 0 bridgehead atoms. The Hall–Kier alpha value is -2.63. The predicted molar refractivity (Wildman–Crippen MR) is 102 cm³/mol. The van der Waals surface area contributed by atoms with Crippen molar-refractivity contribution in [2.45, 2.75) is 32.1 Å². The van der Waals surface area contributed by atoms with E-state index >= 15 is 0 Å². The summed E-state index contributed by atoms with van der Waals surface area (Å²) < 4.78 is 0. The van der Waals surface area contributed by atoms with Crippen molar-refractivity contribution in [3.63, 3.8) is 0 Å². The third-order valence-corrected chi connectivity index (χ3v) is 5.86. The maximum atomic E-state index is 12.2. The largest absolute Gasteiger partial charge is 0.380 e. The molecule has 26 heavy (non-hydrogen) atoms. The number of carbonyl (C=O) groups excluding carboxylic acids is 1. The predicted octanol–water partition coefficient (Wildman–Crippen LogP) is 1.68. The molecule has 0 radical (unpaired) electrons. The molecule has 2 aliphatic rings. The number of hydrogen-bond acceptors (Lipinski definition) is 5. The smallest absolute Gasteiger partial charge is 0.253 e. The summed E-state index contributed by atoms with van der Waals surface area (Å²) >= 11 is 0. The zero-order valence-electron chi connectivity index (χ0n) is 14.7. The average Bonchev–Trinajstić information content (AvgIpc) is 3.08. The van der Waals surface area contributed by atoms with Gasteiger partial charge in [-0.05, 0) is 49.7 Å². The molecule has 6 heteroatoms. The van der Waals surface area contributed by atoms with Crippen LogP contribution in [0, 0.1) is 11.8 Å². The van der Waals surface area contributed by atoms with Crippen LogP contribution in [0.15, 0.2) is 33.9 Å². The van der Waals surface area contributed by atoms with Gasteiger partial charge in [0.15, 0.2) is 0 Å². The summed E-state index contributed by atoms with van der Waals surface area (Å²) in [6, 6.07) is 8.00. The fourth-order valence-corrected chi connectivity index (χ4v) is 4.27. The summed E-state index contributed by atoms with van der Waals surface area (Å²) in [6.45, 7) is 1.38. The van der Waals surface area contributed by atoms with Crippen molar-refractivity contribution in [2.24, 2.45) is 17.6 Å². The van der Waals surface area contributed by atoms with Gasteiger partial charge in [-0.3, -0.25) is 14.4 Å². The van der Waals surface area contributed by atoms with Gasteiger partial charge in [-0.2, -0.15) is 0 Å². The van der Waals surface area contributed by atoms with E-state index in [0.29, 0.717) is 23.8 Å². The number of anilines is 3. The third kappa shape index (κ3) is 2.79. The lowest BCUT2D eigenvalue weighted by Crippen LogP contribution is -2.41. The minimum Gasteiger partial charge on any atom is -0.380 e. The fraction of sp³-hybridized carbons (Fsp3) is 0.450. The SMILES string of the molecule is NC(=O)C1CCC(CNc2c(N3CCc4ccccc43)c(=O)c2=O)CC1. The molecule has 0 unspecified atom stereocenters. The molecular weight excluding hydrogens is 330 g/mol. The van der Waals surface area contributed by atoms with Crippen LogP contribution in [0.25, 0.3) is 0 Å². The van der Waals surface area contributed by atoms with Crippen molar-refractivity contribution in [1.29, 1.82) is 0 Å². The number of benzene rings is 1. The number of amides is 1. The number of nitrogens with zero attached hydrogens (tertiary/aromatic N) is 1. The molecular formula is C20H23N3O3. The van der Waals surface area contributed by atoms with E-state index in [2.05, 4.69) is 11.4 Å². The van der Waals surface area contributed by atoms with Crippen molar-refractivity contribution in [1.82, 2.24) is 0 Å². The van der Waals surface area contributed by atoms with Crippen LogP contribution in [0.2, 0.25) is 0 Å². The van der Waals surface area contributed by atoms with Crippen molar-refractivity contribution < 1.29 is 4.79 Å². The first-order chi connectivity index (χ1) is 12.6. The lowest BCUT2D eigenvalue weighted by atomic mass is 9.81. The molecule has 1 heterocycles. The van der Waals surface area contributed by atoms with Crippen LogP contribution < -0.4 is 26.8 Å². The first-order valence-electron chi connectivity index (χ1n) is 9.28. The quantitative estimate of drug-likeness (QED) is 0.798. The summed E-state index contributed by atoms with van der Waals surface area (Å²) in [6.07, 6.45) is 4.32. The van der Waals surface area contributed by atoms with Crippen LogP contribution >= 0.6 is 0 Å². The molecule has 1 saturated carbocycles. The van der Waals surface area contributed by atoms with Gasteiger partial charge in [-0.25, -0.2) is 0 Å². The van der Waals surface area contributed by atoms with Gasteiger partial charge in [0.1, 0.15) is 11.4 Å². The Morgan fingerprint density at radius 2 is 1.85 bits per heavy atom. The van der Waals surface area contributed by atoms with Crippen LogP contribution in [0.3, 0.4) is 0 Å². The van der Waals surface area contributed by atoms with E-state index in [1.54, 1.807) is 0 Å². The molecule has 0 aromatic heterocycles. The van der Waals surface area contributed by atoms with Crippen LogP contribution in [-0.4, -0.2) is 19.0 Å². The van der Waals surface area contributed by atoms with Gasteiger partial charge in [-0.1, -0.05) is 18.2 Å². The molecule has 136 valence electrons. The number of para-hydroxylation sites is 1. The number of hydrogen-bond donors (Lipinski definition) is 2. The summed E-state index contributed by atoms with van der Waals surface area (Å²) in [5.74, 6) is 0.164. The molecule has 1 fully saturated rings. The van der Waals surface area contributed by atoms with Gasteiger partial charge in [0.05, 0.1) is 0 Å². The Bertz CT molecular complexity index is 905. The Labute approximate surface area is 151 Å². The van der Waals surface area contributed by atoms with Crippen molar-refractivity contribution in [2.75, 3.05) is 23.3 Å². The van der Waals surface area contributed by atoms with E-state index in [9.17, 15) is 14.4 Å². The van der Waals surface area contributed by atoms with E-state index in [4.69, 9.17) is 5.73 Å². The molecule has 2 aromatic rings. The topological polar surface area (TPSA) is 92.5 Å². The summed E-state index contributed by atoms with van der Waals surface area (Å²) in [7, 11) is 0. The Morgan fingerprint density at radius 3 is 2.58 bits per heavy atom. The minimum atomic E-state index is -0.421. The molecule has 4 rings (SSSR count). The second-order valence-electron chi connectivity index (χ2n) is 7.41. The Kier molecular flexibility index (Phi) is 4.26. The number of nitrogens with two attached hydrogens (primary N) is 1. The van der Waals surface area contributed by atoms with Gasteiger partial charge >= 0.3 is 0 Å². The Morgan fingerprint density at radius 1 is 1.12 bits per heavy atom. The highest BCUT2D eigenvalue weighted by molar-refractivity contribution is 5.83. The standard InChI is InChI=1S/C20H23N3O3/c21-20(26)14-7-5-12(6-8-14)11-22-16-17(19(25)18(16)24)23-10-9-13-3-1-2-4-15(13)23/h1-4,12,14,22H,5-11H2,(H2,21,26). The molecule has 0 spiro atoms. The number of fused-ring (bicyclic) bond motifs is 1. The number of primary amides is 1. The molecule has 2 aromatic carbocycles. The van der Waals surface area contributed by atoms with Crippen molar-refractivity contribution in [3.05, 3.63) is 50.3 Å². The van der Waals surface area contributed by atoms with Gasteiger partial charge in [0.2, 0.25) is 5.91 Å². The first-order valence-corrected chi connectivity index (χ1v) is 9.28. The number of nitrogens with one attached hydrogen (secondary N) is 1. The van der Waals surface area contributed by atoms with E-state index in [-0.39, 0.29) is 11.8 Å². The monoisotopic (exact) mass is 353 g/mol. The number of carbonyl (C=O) groups is 1. The molecule has 1 aliphatic heterocycles. The van der Waals surface area contributed by atoms with Gasteiger partial charge < -0.3 is 16.0 Å². The second-order valence-corrected chi connectivity index (χ2v) is 7.41. The van der Waals surface area contributed by atoms with Crippen LogP contribution in [0.4, 0.5) is 17.1 Å². The average molecular weight is 353 g/mol. The molecule has 0 atom stereocenters. The second kappa shape index (κ2) is 6.59. The summed E-state index contributed by atoms with van der Waals surface area (Å²) in [5.41, 5.74) is 7.73. The lowest BCUT2D eigenvalue weighted by molar-refractivity contribution is -0.122. The molecule has 0 saturated heterocycles. The molecule has 3 N–H and O–H groups in total. The van der Waals surface area contributed by atoms with E-state index in [1.165, 1.54) is 5.56 Å². The molecule has 1 aliphatic carbocycles. The highest BCUT2D eigenvalue weighted by Crippen LogP contribution is 2.36. The van der Waals surface area contributed by atoms with Crippen molar-refractivity contribution >= 4 is 23.0 Å². The summed E-state index contributed by atoms with van der Waals surface area (Å²) in [5, 5.41) is 3.22. The van der Waals surface area contributed by atoms with Gasteiger partial charge in [0.25, 0.3) is 10.9 Å².